The maximum absolute atomic E-state index is 13.5. The fraction of sp³-hybridized carbons (Fsp3) is 0.500. The maximum Gasteiger partial charge on any atom is 0.254 e. The van der Waals surface area contributed by atoms with Crippen LogP contribution in [0.1, 0.15) is 66.3 Å². The molecule has 1 aliphatic rings. The molecule has 0 aliphatic carbocycles. The monoisotopic (exact) mass is 566 g/mol. The third kappa shape index (κ3) is 8.69. The van der Waals surface area contributed by atoms with Crippen molar-refractivity contribution < 1.29 is 34.0 Å². The molecule has 2 aromatic carbocycles. The van der Waals surface area contributed by atoms with Crippen LogP contribution in [0.25, 0.3) is 0 Å². The summed E-state index contributed by atoms with van der Waals surface area (Å²) in [6, 6.07) is 13.8. The van der Waals surface area contributed by atoms with E-state index >= 15 is 0 Å². The molecule has 0 aromatic heterocycles. The van der Waals surface area contributed by atoms with Crippen molar-refractivity contribution in [1.29, 1.82) is 0 Å². The van der Waals surface area contributed by atoms with Gasteiger partial charge in [-0.25, -0.2) is 0 Å². The van der Waals surface area contributed by atoms with Crippen molar-refractivity contribution in [2.45, 2.75) is 57.1 Å². The quantitative estimate of drug-likeness (QED) is 0.250. The predicted molar refractivity (Wildman–Crippen MR) is 155 cm³/mol. The van der Waals surface area contributed by atoms with Gasteiger partial charge in [0.1, 0.15) is 18.2 Å². The lowest BCUT2D eigenvalue weighted by atomic mass is 9.86. The second kappa shape index (κ2) is 15.8. The molecule has 41 heavy (non-hydrogen) atoms. The SMILES string of the molecule is CNC(C)[C@@](C)(C(=O)COC1CCCCO1)N(C)C(=O)c1ccc(C#Cc2ccc(C(O)COCCO)cc2)cc1. The van der Waals surface area contributed by atoms with Gasteiger partial charge in [-0.3, -0.25) is 9.59 Å². The Kier molecular flexibility index (Phi) is 12.5. The summed E-state index contributed by atoms with van der Waals surface area (Å²) in [4.78, 5) is 28.4. The van der Waals surface area contributed by atoms with E-state index in [4.69, 9.17) is 19.3 Å². The summed E-state index contributed by atoms with van der Waals surface area (Å²) in [6.07, 6.45) is 1.58. The average Bonchev–Trinajstić information content (AvgIpc) is 3.02. The number of carbonyl (C=O) groups is 2. The largest absolute Gasteiger partial charge is 0.394 e. The lowest BCUT2D eigenvalue weighted by Gasteiger charge is -2.42. The molecule has 222 valence electrons. The van der Waals surface area contributed by atoms with Crippen LogP contribution in [0, 0.1) is 11.8 Å². The molecule has 1 heterocycles. The van der Waals surface area contributed by atoms with E-state index in [0.29, 0.717) is 17.7 Å². The Balaban J connectivity index is 1.65. The minimum Gasteiger partial charge on any atom is -0.394 e. The molecule has 2 aromatic rings. The van der Waals surface area contributed by atoms with Crippen LogP contribution < -0.4 is 5.32 Å². The maximum atomic E-state index is 13.5. The first-order valence-electron chi connectivity index (χ1n) is 14.0. The number of aliphatic hydroxyl groups is 2. The third-order valence-electron chi connectivity index (χ3n) is 7.67. The van der Waals surface area contributed by atoms with Gasteiger partial charge in [-0.2, -0.15) is 0 Å². The van der Waals surface area contributed by atoms with Gasteiger partial charge in [-0.15, -0.1) is 0 Å². The van der Waals surface area contributed by atoms with E-state index in [1.165, 1.54) is 4.90 Å². The highest BCUT2D eigenvalue weighted by atomic mass is 16.7. The average molecular weight is 567 g/mol. The van der Waals surface area contributed by atoms with Gasteiger partial charge >= 0.3 is 0 Å². The molecule has 1 amide bonds. The molecular formula is C32H42N2O7. The second-order valence-electron chi connectivity index (χ2n) is 10.3. The van der Waals surface area contributed by atoms with Crippen LogP contribution in [0.5, 0.6) is 0 Å². The Hall–Kier alpha value is -3.10. The van der Waals surface area contributed by atoms with Crippen molar-refractivity contribution in [3.05, 3.63) is 70.8 Å². The van der Waals surface area contributed by atoms with Crippen LogP contribution >= 0.6 is 0 Å². The molecule has 3 rings (SSSR count). The molecule has 0 bridgehead atoms. The summed E-state index contributed by atoms with van der Waals surface area (Å²) in [6.45, 7) is 4.31. The van der Waals surface area contributed by atoms with Crippen LogP contribution in [-0.4, -0.2) is 91.8 Å². The number of aliphatic hydroxyl groups excluding tert-OH is 2. The number of nitrogens with one attached hydrogen (secondary N) is 1. The van der Waals surface area contributed by atoms with E-state index in [1.807, 2.05) is 19.1 Å². The number of likely N-dealkylation sites (N-methyl/N-ethyl adjacent to an activating group) is 2. The zero-order valence-corrected chi connectivity index (χ0v) is 24.4. The van der Waals surface area contributed by atoms with Crippen LogP contribution in [0.4, 0.5) is 0 Å². The predicted octanol–water partition coefficient (Wildman–Crippen LogP) is 2.68. The summed E-state index contributed by atoms with van der Waals surface area (Å²) < 4.78 is 16.5. The van der Waals surface area contributed by atoms with Gasteiger partial charge < -0.3 is 34.6 Å². The Morgan fingerprint density at radius 3 is 2.32 bits per heavy atom. The molecule has 4 atom stereocenters. The normalized spacial score (nSPS) is 18.0. The number of hydrogen-bond donors (Lipinski definition) is 3. The smallest absolute Gasteiger partial charge is 0.254 e. The van der Waals surface area contributed by atoms with Gasteiger partial charge in [-0.05, 0) is 82.1 Å². The molecule has 3 unspecified atom stereocenters. The van der Waals surface area contributed by atoms with E-state index in [1.54, 1.807) is 57.4 Å². The minimum absolute atomic E-state index is 0.0896. The van der Waals surface area contributed by atoms with E-state index in [-0.39, 0.29) is 44.2 Å². The first-order valence-corrected chi connectivity index (χ1v) is 14.0. The molecule has 1 fully saturated rings. The minimum atomic E-state index is -1.15. The number of benzene rings is 2. The molecular weight excluding hydrogens is 524 g/mol. The van der Waals surface area contributed by atoms with Crippen molar-refractivity contribution in [2.24, 2.45) is 0 Å². The summed E-state index contributed by atoms with van der Waals surface area (Å²) in [5, 5.41) is 22.1. The van der Waals surface area contributed by atoms with Gasteiger partial charge in [0.25, 0.3) is 5.91 Å². The number of ketones is 1. The molecule has 0 saturated carbocycles. The Morgan fingerprint density at radius 2 is 1.76 bits per heavy atom. The van der Waals surface area contributed by atoms with Crippen LogP contribution in [-0.2, 0) is 19.0 Å². The number of nitrogens with zero attached hydrogens (tertiary/aromatic N) is 1. The molecule has 3 N–H and O–H groups in total. The van der Waals surface area contributed by atoms with Crippen molar-refractivity contribution in [3.8, 4) is 11.8 Å². The van der Waals surface area contributed by atoms with E-state index in [2.05, 4.69) is 17.2 Å². The zero-order chi connectivity index (χ0) is 29.8. The number of Topliss-reactive ketones (excluding diaryl/α,β-unsaturated/α-hetero) is 1. The first kappa shape index (κ1) is 32.4. The lowest BCUT2D eigenvalue weighted by Crippen LogP contribution is -2.64. The van der Waals surface area contributed by atoms with Gasteiger partial charge in [0, 0.05) is 36.4 Å². The third-order valence-corrected chi connectivity index (χ3v) is 7.67. The van der Waals surface area contributed by atoms with Crippen LogP contribution in [0.3, 0.4) is 0 Å². The second-order valence-corrected chi connectivity index (χ2v) is 10.3. The van der Waals surface area contributed by atoms with E-state index < -0.39 is 17.9 Å². The summed E-state index contributed by atoms with van der Waals surface area (Å²) >= 11 is 0. The Bertz CT molecular complexity index is 1180. The highest BCUT2D eigenvalue weighted by Gasteiger charge is 2.44. The molecule has 0 radical (unpaired) electrons. The van der Waals surface area contributed by atoms with E-state index in [0.717, 1.165) is 30.4 Å². The standard InChI is InChI=1S/C32H42N2O7/c1-23(33-3)32(2,29(37)22-41-30-7-5-6-19-40-30)34(4)31(38)27-16-12-25(13-17-27)9-8-24-10-14-26(15-11-24)28(36)21-39-20-18-35/h10-17,23,28,30,33,35-36H,5-7,18-22H2,1-4H3/t23?,28?,30?,32-/m0/s1. The fourth-order valence-electron chi connectivity index (χ4n) is 4.55. The number of rotatable bonds is 13. The van der Waals surface area contributed by atoms with Crippen molar-refractivity contribution in [2.75, 3.05) is 47.1 Å². The summed E-state index contributed by atoms with van der Waals surface area (Å²) in [5.74, 6) is 5.68. The van der Waals surface area contributed by atoms with Gasteiger partial charge in [-0.1, -0.05) is 24.0 Å². The zero-order valence-electron chi connectivity index (χ0n) is 24.4. The molecule has 9 heteroatoms. The molecule has 1 saturated heterocycles. The number of carbonyl (C=O) groups excluding carboxylic acids is 2. The number of amides is 1. The highest BCUT2D eigenvalue weighted by Crippen LogP contribution is 2.24. The number of hydrogen-bond acceptors (Lipinski definition) is 8. The van der Waals surface area contributed by atoms with Gasteiger partial charge in [0.2, 0.25) is 0 Å². The van der Waals surface area contributed by atoms with Crippen molar-refractivity contribution in [1.82, 2.24) is 10.2 Å². The van der Waals surface area contributed by atoms with Gasteiger partial charge in [0.15, 0.2) is 12.1 Å². The number of ether oxygens (including phenoxy) is 3. The Labute approximate surface area is 242 Å². The van der Waals surface area contributed by atoms with Crippen molar-refractivity contribution >= 4 is 11.7 Å². The summed E-state index contributed by atoms with van der Waals surface area (Å²) in [7, 11) is 3.40. The summed E-state index contributed by atoms with van der Waals surface area (Å²) in [5.41, 5.74) is 1.50. The lowest BCUT2D eigenvalue weighted by molar-refractivity contribution is -0.173. The molecule has 1 aliphatic heterocycles. The van der Waals surface area contributed by atoms with Gasteiger partial charge in [0.05, 0.1) is 19.8 Å². The topological polar surface area (TPSA) is 118 Å². The van der Waals surface area contributed by atoms with Crippen LogP contribution in [0.2, 0.25) is 0 Å². The van der Waals surface area contributed by atoms with Crippen LogP contribution in [0.15, 0.2) is 48.5 Å². The molecule has 0 spiro atoms. The Morgan fingerprint density at radius 1 is 1.12 bits per heavy atom. The van der Waals surface area contributed by atoms with E-state index in [9.17, 15) is 14.7 Å². The first-order chi connectivity index (χ1) is 19.7. The molecule has 9 nitrogen and oxygen atoms in total. The fourth-order valence-corrected chi connectivity index (χ4v) is 4.55. The highest BCUT2D eigenvalue weighted by molar-refractivity contribution is 6.00. The van der Waals surface area contributed by atoms with Crippen molar-refractivity contribution in [3.63, 3.8) is 0 Å².